The molecule has 2 aromatic rings. The van der Waals surface area contributed by atoms with Crippen LogP contribution in [0.2, 0.25) is 5.02 Å². The van der Waals surface area contributed by atoms with E-state index in [1.165, 1.54) is 11.3 Å². The van der Waals surface area contributed by atoms with Crippen LogP contribution in [0.25, 0.3) is 10.2 Å². The van der Waals surface area contributed by atoms with Gasteiger partial charge >= 0.3 is 0 Å². The molecule has 0 spiro atoms. The molecule has 5 heteroatoms. The number of nitrogens with zero attached hydrogens (tertiary/aromatic N) is 1. The lowest BCUT2D eigenvalue weighted by molar-refractivity contribution is 1.42. The quantitative estimate of drug-likeness (QED) is 0.765. The molecule has 2 rings (SSSR count). The van der Waals surface area contributed by atoms with E-state index < -0.39 is 0 Å². The van der Waals surface area contributed by atoms with E-state index in [1.54, 1.807) is 11.8 Å². The van der Waals surface area contributed by atoms with Crippen LogP contribution in [0.3, 0.4) is 0 Å². The van der Waals surface area contributed by atoms with E-state index in [0.29, 0.717) is 5.13 Å². The summed E-state index contributed by atoms with van der Waals surface area (Å²) in [6.45, 7) is 0. The van der Waals surface area contributed by atoms with Gasteiger partial charge in [-0.15, -0.1) is 11.8 Å². The largest absolute Gasteiger partial charge is 0.375 e. The van der Waals surface area contributed by atoms with Gasteiger partial charge in [0, 0.05) is 9.92 Å². The Morgan fingerprint density at radius 2 is 2.31 bits per heavy atom. The predicted molar refractivity (Wildman–Crippen MR) is 60.8 cm³/mol. The second-order valence-corrected chi connectivity index (χ2v) is 4.85. The highest BCUT2D eigenvalue weighted by Gasteiger charge is 2.07. The minimum Gasteiger partial charge on any atom is -0.375 e. The number of hydrogen-bond donors (Lipinski definition) is 1. The van der Waals surface area contributed by atoms with E-state index >= 15 is 0 Å². The Hall–Kier alpha value is -0.450. The van der Waals surface area contributed by atoms with Gasteiger partial charge < -0.3 is 5.73 Å². The minimum atomic E-state index is 0.590. The van der Waals surface area contributed by atoms with Crippen molar-refractivity contribution < 1.29 is 0 Å². The van der Waals surface area contributed by atoms with Crippen molar-refractivity contribution in [1.29, 1.82) is 0 Å². The van der Waals surface area contributed by atoms with Gasteiger partial charge in [-0.05, 0) is 18.4 Å². The Bertz CT molecular complexity index is 453. The lowest BCUT2D eigenvalue weighted by Crippen LogP contribution is -1.80. The molecule has 1 aromatic heterocycles. The van der Waals surface area contributed by atoms with Crippen molar-refractivity contribution >= 4 is 50.0 Å². The van der Waals surface area contributed by atoms with Crippen LogP contribution >= 0.6 is 34.7 Å². The number of benzene rings is 1. The predicted octanol–water partition coefficient (Wildman–Crippen LogP) is 3.25. The van der Waals surface area contributed by atoms with Crippen LogP contribution in [0.1, 0.15) is 0 Å². The smallest absolute Gasteiger partial charge is 0.181 e. The zero-order valence-electron chi connectivity index (χ0n) is 6.87. The summed E-state index contributed by atoms with van der Waals surface area (Å²) in [6, 6.07) is 3.80. The number of thiazole rings is 1. The summed E-state index contributed by atoms with van der Waals surface area (Å²) in [7, 11) is 0. The molecule has 2 nitrogen and oxygen atoms in total. The van der Waals surface area contributed by atoms with E-state index in [0.717, 1.165) is 20.1 Å². The average molecular weight is 231 g/mol. The maximum Gasteiger partial charge on any atom is 0.181 e. The van der Waals surface area contributed by atoms with Gasteiger partial charge in [0.15, 0.2) is 5.13 Å². The lowest BCUT2D eigenvalue weighted by atomic mass is 10.3. The molecule has 0 aliphatic heterocycles. The van der Waals surface area contributed by atoms with Crippen LogP contribution in [0.15, 0.2) is 17.0 Å². The van der Waals surface area contributed by atoms with Crippen LogP contribution in [-0.2, 0) is 0 Å². The summed E-state index contributed by atoms with van der Waals surface area (Å²) >= 11 is 9.03. The fourth-order valence-corrected chi connectivity index (χ4v) is 2.95. The zero-order valence-corrected chi connectivity index (χ0v) is 9.26. The maximum absolute atomic E-state index is 5.94. The topological polar surface area (TPSA) is 38.9 Å². The number of halogens is 1. The first kappa shape index (κ1) is 9.12. The number of rotatable bonds is 1. The third kappa shape index (κ3) is 1.61. The Morgan fingerprint density at radius 1 is 1.54 bits per heavy atom. The first-order valence-electron chi connectivity index (χ1n) is 3.60. The molecule has 1 aromatic carbocycles. The van der Waals surface area contributed by atoms with Crippen molar-refractivity contribution in [3.63, 3.8) is 0 Å². The number of fused-ring (bicyclic) bond motifs is 1. The van der Waals surface area contributed by atoms with Gasteiger partial charge in [0.05, 0.1) is 10.2 Å². The van der Waals surface area contributed by atoms with Crippen LogP contribution in [-0.4, -0.2) is 11.2 Å². The van der Waals surface area contributed by atoms with Gasteiger partial charge in [0.2, 0.25) is 0 Å². The van der Waals surface area contributed by atoms with Gasteiger partial charge in [-0.25, -0.2) is 4.98 Å². The molecule has 0 unspecified atom stereocenters. The van der Waals surface area contributed by atoms with Gasteiger partial charge in [0.25, 0.3) is 0 Å². The number of nitrogen functional groups attached to an aromatic ring is 1. The Kier molecular flexibility index (Phi) is 2.36. The van der Waals surface area contributed by atoms with Crippen LogP contribution in [0, 0.1) is 0 Å². The molecule has 0 bridgehead atoms. The number of anilines is 1. The molecule has 2 N–H and O–H groups in total. The molecular formula is C8H7ClN2S2. The van der Waals surface area contributed by atoms with E-state index in [9.17, 15) is 0 Å². The molecule has 0 saturated carbocycles. The molecule has 68 valence electrons. The molecule has 0 aliphatic carbocycles. The van der Waals surface area contributed by atoms with Crippen molar-refractivity contribution in [2.45, 2.75) is 4.90 Å². The molecule has 0 atom stereocenters. The van der Waals surface area contributed by atoms with Crippen molar-refractivity contribution in [3.05, 3.63) is 17.2 Å². The second kappa shape index (κ2) is 3.36. The molecule has 0 amide bonds. The third-order valence-electron chi connectivity index (χ3n) is 1.66. The molecule has 1 heterocycles. The number of thioether (sulfide) groups is 1. The molecule has 0 saturated heterocycles. The van der Waals surface area contributed by atoms with E-state index in [2.05, 4.69) is 4.98 Å². The van der Waals surface area contributed by atoms with Crippen LogP contribution < -0.4 is 5.73 Å². The number of nitrogens with two attached hydrogens (primary N) is 1. The minimum absolute atomic E-state index is 0.590. The first-order chi connectivity index (χ1) is 6.20. The summed E-state index contributed by atoms with van der Waals surface area (Å²) < 4.78 is 1.05. The lowest BCUT2D eigenvalue weighted by Gasteiger charge is -1.97. The molecule has 0 radical (unpaired) electrons. The summed E-state index contributed by atoms with van der Waals surface area (Å²) in [4.78, 5) is 5.32. The molecular weight excluding hydrogens is 224 g/mol. The van der Waals surface area contributed by atoms with Crippen LogP contribution in [0.4, 0.5) is 5.13 Å². The van der Waals surface area contributed by atoms with Crippen molar-refractivity contribution in [1.82, 2.24) is 4.98 Å². The highest BCUT2D eigenvalue weighted by Crippen LogP contribution is 2.33. The SMILES string of the molecule is CSc1cc(Cl)cc2sc(N)nc12. The highest BCUT2D eigenvalue weighted by molar-refractivity contribution is 7.98. The van der Waals surface area contributed by atoms with Gasteiger partial charge in [-0.1, -0.05) is 22.9 Å². The van der Waals surface area contributed by atoms with Crippen molar-refractivity contribution in [2.24, 2.45) is 0 Å². The highest BCUT2D eigenvalue weighted by atomic mass is 35.5. The monoisotopic (exact) mass is 230 g/mol. The fourth-order valence-electron chi connectivity index (χ4n) is 1.14. The van der Waals surface area contributed by atoms with E-state index in [4.69, 9.17) is 17.3 Å². The van der Waals surface area contributed by atoms with Crippen LogP contribution in [0.5, 0.6) is 0 Å². The number of hydrogen-bond acceptors (Lipinski definition) is 4. The normalized spacial score (nSPS) is 10.9. The van der Waals surface area contributed by atoms with Gasteiger partial charge in [-0.3, -0.25) is 0 Å². The standard InChI is InChI=1S/C8H7ClN2S2/c1-12-5-2-4(9)3-6-7(5)11-8(10)13-6/h2-3H,1H3,(H2,10,11). The molecule has 13 heavy (non-hydrogen) atoms. The summed E-state index contributed by atoms with van der Waals surface area (Å²) in [5.41, 5.74) is 6.58. The first-order valence-corrected chi connectivity index (χ1v) is 6.02. The van der Waals surface area contributed by atoms with E-state index in [1.807, 2.05) is 18.4 Å². The van der Waals surface area contributed by atoms with Crippen molar-refractivity contribution in [3.8, 4) is 0 Å². The summed E-state index contributed by atoms with van der Waals surface area (Å²) in [5, 5.41) is 1.33. The van der Waals surface area contributed by atoms with Gasteiger partial charge in [0.1, 0.15) is 0 Å². The third-order valence-corrected chi connectivity index (χ3v) is 3.46. The summed E-state index contributed by atoms with van der Waals surface area (Å²) in [5.74, 6) is 0. The van der Waals surface area contributed by atoms with Crippen molar-refractivity contribution in [2.75, 3.05) is 12.0 Å². The molecule has 0 fully saturated rings. The van der Waals surface area contributed by atoms with E-state index in [-0.39, 0.29) is 0 Å². The Labute approximate surface area is 89.1 Å². The Morgan fingerprint density at radius 3 is 3.00 bits per heavy atom. The second-order valence-electron chi connectivity index (χ2n) is 2.51. The van der Waals surface area contributed by atoms with Gasteiger partial charge in [-0.2, -0.15) is 0 Å². The summed E-state index contributed by atoms with van der Waals surface area (Å²) in [6.07, 6.45) is 2.00. The fraction of sp³-hybridized carbons (Fsp3) is 0.125. The Balaban J connectivity index is 2.80. The average Bonchev–Trinajstić information content (AvgIpc) is 2.43. The zero-order chi connectivity index (χ0) is 9.42. The maximum atomic E-state index is 5.94. The molecule has 0 aliphatic rings. The number of aromatic nitrogens is 1.